The molecule has 6 heterocycles. The molecule has 5 aliphatic heterocycles. The summed E-state index contributed by atoms with van der Waals surface area (Å²) in [5.74, 6) is 3.71. The fourth-order valence-electron chi connectivity index (χ4n) is 12.0. The Hall–Kier alpha value is -4.52. The van der Waals surface area contributed by atoms with Crippen LogP contribution >= 0.6 is 0 Å². The molecule has 0 aliphatic carbocycles. The van der Waals surface area contributed by atoms with Crippen LogP contribution in [0.15, 0.2) is 24.3 Å². The van der Waals surface area contributed by atoms with E-state index in [9.17, 15) is 14.0 Å². The van der Waals surface area contributed by atoms with Crippen LogP contribution in [0.4, 0.5) is 29.9 Å². The highest BCUT2D eigenvalue weighted by Crippen LogP contribution is 2.45. The number of fused-ring (bicyclic) bond motifs is 5. The molecule has 0 saturated carbocycles. The van der Waals surface area contributed by atoms with Crippen LogP contribution in [0.5, 0.6) is 6.01 Å². The van der Waals surface area contributed by atoms with E-state index in [1.165, 1.54) is 6.07 Å². The number of hydrogen-bond donors (Lipinski definition) is 1. The summed E-state index contributed by atoms with van der Waals surface area (Å²) >= 11 is 0. The topological polar surface area (TPSA) is 119 Å². The van der Waals surface area contributed by atoms with E-state index >= 15 is 4.39 Å². The summed E-state index contributed by atoms with van der Waals surface area (Å²) in [6, 6.07) is 6.92. The number of carbonyl (C=O) groups excluding carboxylic acids is 2. The Morgan fingerprint density at radius 2 is 1.63 bits per heavy atom. The SMILES string of the molecule is CC(C)[Si](C#Cc1c(F)ccc2cc(NC(=O)OC(C)(C)C)cc(C3Cc4nc(OC[C@@]56CCCN5C[C@H](F)C6)nc(N5CC6CCC(C5)N6C(=O)OC(C)(C)C)c4CO3)c12)(C(C)C)C(C)C. The minimum Gasteiger partial charge on any atom is -0.461 e. The van der Waals surface area contributed by atoms with Gasteiger partial charge in [-0.25, -0.2) is 18.4 Å². The molecule has 0 radical (unpaired) electrons. The second-order valence-corrected chi connectivity index (χ2v) is 28.2. The molecule has 67 heavy (non-hydrogen) atoms. The second-order valence-electron chi connectivity index (χ2n) is 22.7. The number of rotatable bonds is 9. The van der Waals surface area contributed by atoms with Crippen molar-refractivity contribution in [1.29, 1.82) is 0 Å². The van der Waals surface area contributed by atoms with Gasteiger partial charge in [0.1, 0.15) is 43.7 Å². The molecule has 5 aliphatic rings. The lowest BCUT2D eigenvalue weighted by molar-refractivity contribution is 0.0118. The molecule has 3 unspecified atom stereocenters. The lowest BCUT2D eigenvalue weighted by Crippen LogP contribution is -2.57. The largest absolute Gasteiger partial charge is 0.461 e. The molecule has 0 spiro atoms. The summed E-state index contributed by atoms with van der Waals surface area (Å²) in [6.45, 7) is 27.2. The van der Waals surface area contributed by atoms with Gasteiger partial charge in [-0.15, -0.1) is 5.54 Å². The van der Waals surface area contributed by atoms with Gasteiger partial charge in [0, 0.05) is 49.1 Å². The van der Waals surface area contributed by atoms with Crippen LogP contribution < -0.4 is 15.0 Å². The second kappa shape index (κ2) is 18.4. The summed E-state index contributed by atoms with van der Waals surface area (Å²) < 4.78 is 56.4. The van der Waals surface area contributed by atoms with Gasteiger partial charge in [0.15, 0.2) is 0 Å². The number of ether oxygens (including phenoxy) is 4. The molecule has 4 fully saturated rings. The van der Waals surface area contributed by atoms with Gasteiger partial charge in [-0.2, -0.15) is 9.97 Å². The van der Waals surface area contributed by atoms with Crippen molar-refractivity contribution in [2.24, 2.45) is 0 Å². The lowest BCUT2D eigenvalue weighted by Gasteiger charge is -2.42. The van der Waals surface area contributed by atoms with Gasteiger partial charge in [0.2, 0.25) is 0 Å². The maximum Gasteiger partial charge on any atom is 0.412 e. The highest BCUT2D eigenvalue weighted by atomic mass is 28.3. The van der Waals surface area contributed by atoms with E-state index in [4.69, 9.17) is 28.9 Å². The predicted octanol–water partition coefficient (Wildman–Crippen LogP) is 11.0. The number of nitrogens with one attached hydrogen (secondary N) is 1. The Morgan fingerprint density at radius 1 is 0.955 bits per heavy atom. The molecule has 3 aromatic rings. The number of amides is 2. The number of aromatic nitrogens is 2. The summed E-state index contributed by atoms with van der Waals surface area (Å²) in [5, 5.41) is 4.25. The zero-order chi connectivity index (χ0) is 48.4. The summed E-state index contributed by atoms with van der Waals surface area (Å²) in [5.41, 5.74) is 5.99. The first-order valence-electron chi connectivity index (χ1n) is 24.6. The Kier molecular flexibility index (Phi) is 13.5. The van der Waals surface area contributed by atoms with Crippen LogP contribution in [0.1, 0.15) is 144 Å². The average molecular weight is 943 g/mol. The van der Waals surface area contributed by atoms with Crippen molar-refractivity contribution in [2.75, 3.05) is 43.0 Å². The molecule has 1 N–H and O–H groups in total. The van der Waals surface area contributed by atoms with Crippen molar-refractivity contribution in [3.05, 3.63) is 52.5 Å². The molecule has 5 atom stereocenters. The van der Waals surface area contributed by atoms with Gasteiger partial charge >= 0.3 is 18.2 Å². The van der Waals surface area contributed by atoms with Crippen molar-refractivity contribution >= 4 is 42.5 Å². The number of hydrogen-bond acceptors (Lipinski definition) is 10. The number of benzene rings is 2. The first kappa shape index (κ1) is 48.9. The zero-order valence-electron chi connectivity index (χ0n) is 41.8. The Morgan fingerprint density at radius 3 is 2.27 bits per heavy atom. The Balaban J connectivity index is 1.22. The molecule has 12 nitrogen and oxygen atoms in total. The van der Waals surface area contributed by atoms with Crippen LogP contribution in [0.2, 0.25) is 16.6 Å². The van der Waals surface area contributed by atoms with Crippen molar-refractivity contribution < 1.29 is 37.3 Å². The van der Waals surface area contributed by atoms with Crippen molar-refractivity contribution in [1.82, 2.24) is 19.8 Å². The van der Waals surface area contributed by atoms with Gasteiger partial charge in [-0.05, 0) is 120 Å². The third kappa shape index (κ3) is 9.86. The van der Waals surface area contributed by atoms with E-state index in [-0.39, 0.29) is 43.8 Å². The first-order valence-corrected chi connectivity index (χ1v) is 26.8. The third-order valence-electron chi connectivity index (χ3n) is 14.8. The molecule has 2 amide bonds. The highest BCUT2D eigenvalue weighted by Gasteiger charge is 2.50. The smallest absolute Gasteiger partial charge is 0.412 e. The monoisotopic (exact) mass is 943 g/mol. The van der Waals surface area contributed by atoms with E-state index in [2.05, 4.69) is 68.1 Å². The number of nitrogens with zero attached hydrogens (tertiary/aromatic N) is 5. The Labute approximate surface area is 397 Å². The minimum atomic E-state index is -2.29. The van der Waals surface area contributed by atoms with Crippen molar-refractivity contribution in [3.63, 3.8) is 0 Å². The van der Waals surface area contributed by atoms with Crippen LogP contribution in [-0.4, -0.2) is 108 Å². The number of anilines is 2. The highest BCUT2D eigenvalue weighted by molar-refractivity contribution is 6.90. The summed E-state index contributed by atoms with van der Waals surface area (Å²) in [4.78, 5) is 43.3. The molecule has 15 heteroatoms. The molecule has 1 aromatic heterocycles. The quantitative estimate of drug-likeness (QED) is 0.164. The number of alkyl halides is 1. The fraction of sp³-hybridized carbons (Fsp3) is 0.654. The molecular weight excluding hydrogens is 871 g/mol. The van der Waals surface area contributed by atoms with E-state index in [0.717, 1.165) is 43.5 Å². The molecule has 2 bridgehead atoms. The molecule has 8 rings (SSSR count). The molecule has 2 aromatic carbocycles. The van der Waals surface area contributed by atoms with E-state index in [1.54, 1.807) is 6.07 Å². The molecular formula is C52H72F2N6O6Si. The van der Waals surface area contributed by atoms with E-state index in [0.29, 0.717) is 76.1 Å². The summed E-state index contributed by atoms with van der Waals surface area (Å²) in [7, 11) is -2.29. The number of halogens is 2. The van der Waals surface area contributed by atoms with Gasteiger partial charge in [0.25, 0.3) is 0 Å². The zero-order valence-corrected chi connectivity index (χ0v) is 42.8. The van der Waals surface area contributed by atoms with E-state index in [1.807, 2.05) is 58.6 Å². The molecule has 364 valence electrons. The standard InChI is InChI=1S/C52H72F2N6O6Si/c1-31(2)67(32(3)4,33(5)6)21-18-39-42(54)17-14-34-22-36(55-48(61)65-50(7,8)9)23-40(45(34)39)44-24-43-41(29-63-44)46(57-47(56-43)64-30-52-19-13-20-59(52)26-35(53)25-52)58-27-37-15-16-38(28-58)60(37)49(62)66-51(10,11)12/h14,17,22-23,31-33,35,37-38,44H,13,15-16,19-20,24-30H2,1-12H3,(H,55,61)/t35-,37?,38?,44?,52+/m1/s1. The van der Waals surface area contributed by atoms with Gasteiger partial charge in [0.05, 0.1) is 41.6 Å². The van der Waals surface area contributed by atoms with Gasteiger partial charge < -0.3 is 23.8 Å². The summed E-state index contributed by atoms with van der Waals surface area (Å²) in [6.07, 6.45) is 1.74. The van der Waals surface area contributed by atoms with Crippen LogP contribution in [-0.2, 0) is 27.2 Å². The van der Waals surface area contributed by atoms with Crippen LogP contribution in [0.3, 0.4) is 0 Å². The Bertz CT molecular complexity index is 2410. The van der Waals surface area contributed by atoms with Crippen molar-refractivity contribution in [3.8, 4) is 17.5 Å². The maximum absolute atomic E-state index is 16.5. The molecule has 4 saturated heterocycles. The normalized spacial score (nSPS) is 24.3. The van der Waals surface area contributed by atoms with Gasteiger partial charge in [-0.1, -0.05) is 53.5 Å². The third-order valence-corrected chi connectivity index (χ3v) is 21.1. The van der Waals surface area contributed by atoms with Gasteiger partial charge in [-0.3, -0.25) is 15.1 Å². The van der Waals surface area contributed by atoms with Crippen LogP contribution in [0, 0.1) is 17.3 Å². The van der Waals surface area contributed by atoms with E-state index < -0.39 is 49.0 Å². The average Bonchev–Trinajstić information content (AvgIpc) is 3.84. The minimum absolute atomic E-state index is 0.0726. The van der Waals surface area contributed by atoms with Crippen LogP contribution in [0.25, 0.3) is 10.8 Å². The number of piperazine rings is 1. The maximum atomic E-state index is 16.5. The number of carbonyl (C=O) groups is 2. The lowest BCUT2D eigenvalue weighted by atomic mass is 9.91. The fourth-order valence-corrected chi connectivity index (χ4v) is 17.2. The van der Waals surface area contributed by atoms with Crippen molar-refractivity contribution in [2.45, 2.75) is 186 Å². The first-order chi connectivity index (χ1) is 31.5. The predicted molar refractivity (Wildman–Crippen MR) is 261 cm³/mol.